The lowest BCUT2D eigenvalue weighted by molar-refractivity contribution is 0.0919. The molecule has 2 nitrogen and oxygen atoms in total. The summed E-state index contributed by atoms with van der Waals surface area (Å²) >= 11 is 9.38. The molecule has 0 aromatic heterocycles. The Labute approximate surface area is 132 Å². The lowest BCUT2D eigenvalue weighted by atomic mass is 9.75. The number of halogens is 3. The van der Waals surface area contributed by atoms with Crippen LogP contribution in [0.25, 0.3) is 0 Å². The van der Waals surface area contributed by atoms with Crippen molar-refractivity contribution in [1.29, 1.82) is 0 Å². The van der Waals surface area contributed by atoms with E-state index in [1.807, 2.05) is 0 Å². The van der Waals surface area contributed by atoms with Gasteiger partial charge in [-0.1, -0.05) is 19.3 Å². The molecule has 1 fully saturated rings. The summed E-state index contributed by atoms with van der Waals surface area (Å²) in [5.74, 6) is -0.119. The van der Waals surface area contributed by atoms with E-state index in [4.69, 9.17) is 11.6 Å². The molecule has 2 rings (SSSR count). The first-order valence-corrected chi connectivity index (χ1v) is 8.18. The number of amides is 1. The van der Waals surface area contributed by atoms with Crippen LogP contribution in [0.5, 0.6) is 0 Å². The molecular weight excluding hydrogens is 345 g/mol. The van der Waals surface area contributed by atoms with Crippen molar-refractivity contribution in [3.63, 3.8) is 0 Å². The molecule has 1 aliphatic carbocycles. The van der Waals surface area contributed by atoms with Crippen molar-refractivity contribution in [2.24, 2.45) is 5.41 Å². The van der Waals surface area contributed by atoms with Crippen molar-refractivity contribution < 1.29 is 9.18 Å². The van der Waals surface area contributed by atoms with Gasteiger partial charge in [0.15, 0.2) is 0 Å². The molecule has 1 aromatic rings. The quantitative estimate of drug-likeness (QED) is 0.785. The van der Waals surface area contributed by atoms with Gasteiger partial charge in [0.05, 0.1) is 5.56 Å². The number of hydrogen-bond acceptors (Lipinski definition) is 1. The van der Waals surface area contributed by atoms with Crippen LogP contribution in [0, 0.1) is 11.2 Å². The molecule has 0 bridgehead atoms. The Bertz CT molecular complexity index is 489. The Morgan fingerprint density at radius 1 is 1.35 bits per heavy atom. The monoisotopic (exact) mass is 361 g/mol. The fourth-order valence-corrected chi connectivity index (χ4v) is 3.48. The minimum Gasteiger partial charge on any atom is -0.351 e. The van der Waals surface area contributed by atoms with Crippen LogP contribution in [-0.4, -0.2) is 18.3 Å². The van der Waals surface area contributed by atoms with Gasteiger partial charge < -0.3 is 5.32 Å². The largest absolute Gasteiger partial charge is 0.351 e. The van der Waals surface area contributed by atoms with E-state index >= 15 is 0 Å². The molecule has 0 unspecified atom stereocenters. The minimum atomic E-state index is -0.414. The summed E-state index contributed by atoms with van der Waals surface area (Å²) in [6, 6.07) is 4.11. The second-order valence-electron chi connectivity index (χ2n) is 5.50. The Kier molecular flexibility index (Phi) is 5.44. The maximum atomic E-state index is 13.2. The molecule has 0 heterocycles. The van der Waals surface area contributed by atoms with Gasteiger partial charge in [0, 0.05) is 22.3 Å². The fourth-order valence-electron chi connectivity index (χ4n) is 2.69. The zero-order valence-corrected chi connectivity index (χ0v) is 13.6. The maximum absolute atomic E-state index is 13.2. The van der Waals surface area contributed by atoms with Gasteiger partial charge in [0.2, 0.25) is 0 Å². The second-order valence-corrected chi connectivity index (χ2v) is 6.62. The van der Waals surface area contributed by atoms with Crippen LogP contribution in [-0.2, 0) is 0 Å². The number of nitrogens with one attached hydrogen (secondary N) is 1. The molecule has 1 aliphatic rings. The smallest absolute Gasteiger partial charge is 0.252 e. The van der Waals surface area contributed by atoms with Crippen LogP contribution in [0.1, 0.15) is 42.5 Å². The first kappa shape index (κ1) is 15.8. The molecule has 0 radical (unpaired) electrons. The molecule has 1 saturated carbocycles. The summed E-state index contributed by atoms with van der Waals surface area (Å²) in [6.07, 6.45) is 5.64. The summed E-state index contributed by atoms with van der Waals surface area (Å²) in [4.78, 5) is 12.2. The lowest BCUT2D eigenvalue weighted by Crippen LogP contribution is -2.40. The molecular formula is C15H18BrClFNO. The number of benzene rings is 1. The average Bonchev–Trinajstić information content (AvgIpc) is 2.48. The van der Waals surface area contributed by atoms with Crippen LogP contribution >= 0.6 is 27.5 Å². The third kappa shape index (κ3) is 3.73. The molecule has 110 valence electrons. The molecule has 1 amide bonds. The second kappa shape index (κ2) is 6.90. The van der Waals surface area contributed by atoms with Crippen LogP contribution in [0.2, 0.25) is 0 Å². The van der Waals surface area contributed by atoms with Crippen molar-refractivity contribution in [2.45, 2.75) is 32.1 Å². The van der Waals surface area contributed by atoms with Gasteiger partial charge in [0.1, 0.15) is 5.82 Å². The van der Waals surface area contributed by atoms with Gasteiger partial charge in [-0.2, -0.15) is 0 Å². The van der Waals surface area contributed by atoms with E-state index in [-0.39, 0.29) is 11.3 Å². The minimum absolute atomic E-state index is 0.00470. The maximum Gasteiger partial charge on any atom is 0.252 e. The normalized spacial score (nSPS) is 17.8. The molecule has 0 aliphatic heterocycles. The van der Waals surface area contributed by atoms with Crippen molar-refractivity contribution in [2.75, 3.05) is 12.4 Å². The summed E-state index contributed by atoms with van der Waals surface area (Å²) in [7, 11) is 0. The number of carbonyl (C=O) groups is 1. The highest BCUT2D eigenvalue weighted by Gasteiger charge is 2.31. The van der Waals surface area contributed by atoms with Gasteiger partial charge in [-0.05, 0) is 47.0 Å². The van der Waals surface area contributed by atoms with E-state index < -0.39 is 5.82 Å². The molecule has 0 saturated heterocycles. The topological polar surface area (TPSA) is 29.1 Å². The van der Waals surface area contributed by atoms with Crippen LogP contribution < -0.4 is 5.32 Å². The average molecular weight is 363 g/mol. The molecule has 1 aromatic carbocycles. The van der Waals surface area contributed by atoms with Gasteiger partial charge >= 0.3 is 0 Å². The third-order valence-electron chi connectivity index (χ3n) is 3.99. The lowest BCUT2D eigenvalue weighted by Gasteiger charge is -2.35. The summed E-state index contributed by atoms with van der Waals surface area (Å²) < 4.78 is 13.8. The van der Waals surface area contributed by atoms with E-state index in [1.54, 1.807) is 6.07 Å². The first-order valence-electron chi connectivity index (χ1n) is 6.86. The van der Waals surface area contributed by atoms with E-state index in [9.17, 15) is 9.18 Å². The Morgan fingerprint density at radius 3 is 2.70 bits per heavy atom. The number of rotatable bonds is 4. The standard InChI is InChI=1S/C15H18BrClFNO/c16-13-5-4-11(18)8-12(13)14(20)19-10-15(9-17)6-2-1-3-7-15/h4-5,8H,1-3,6-7,9-10H2,(H,19,20). The number of alkyl halides is 1. The molecule has 20 heavy (non-hydrogen) atoms. The van der Waals surface area contributed by atoms with Gasteiger partial charge in [-0.25, -0.2) is 4.39 Å². The highest BCUT2D eigenvalue weighted by Crippen LogP contribution is 2.36. The molecule has 5 heteroatoms. The van der Waals surface area contributed by atoms with Crippen LogP contribution in [0.15, 0.2) is 22.7 Å². The summed E-state index contributed by atoms with van der Waals surface area (Å²) in [5, 5.41) is 2.91. The van der Waals surface area contributed by atoms with E-state index in [1.165, 1.54) is 18.6 Å². The summed E-state index contributed by atoms with van der Waals surface area (Å²) in [5.41, 5.74) is 0.320. The molecule has 1 N–H and O–H groups in total. The van der Waals surface area contributed by atoms with Crippen LogP contribution in [0.3, 0.4) is 0 Å². The summed E-state index contributed by atoms with van der Waals surface area (Å²) in [6.45, 7) is 0.554. The van der Waals surface area contributed by atoms with Crippen LogP contribution in [0.4, 0.5) is 4.39 Å². The highest BCUT2D eigenvalue weighted by molar-refractivity contribution is 9.10. The van der Waals surface area contributed by atoms with Gasteiger partial charge in [-0.15, -0.1) is 11.6 Å². The Hall–Kier alpha value is -0.610. The Morgan fingerprint density at radius 2 is 2.05 bits per heavy atom. The third-order valence-corrected chi connectivity index (χ3v) is 5.25. The fraction of sp³-hybridized carbons (Fsp3) is 0.533. The van der Waals surface area contributed by atoms with Crippen molar-refractivity contribution in [3.8, 4) is 0 Å². The van der Waals surface area contributed by atoms with Gasteiger partial charge in [-0.3, -0.25) is 4.79 Å². The van der Waals surface area contributed by atoms with E-state index in [2.05, 4.69) is 21.2 Å². The molecule has 0 atom stereocenters. The predicted molar refractivity (Wildman–Crippen MR) is 82.7 cm³/mol. The van der Waals surface area contributed by atoms with Crippen molar-refractivity contribution in [1.82, 2.24) is 5.32 Å². The highest BCUT2D eigenvalue weighted by atomic mass is 79.9. The number of hydrogen-bond donors (Lipinski definition) is 1. The number of carbonyl (C=O) groups excluding carboxylic acids is 1. The SMILES string of the molecule is O=C(NCC1(CCl)CCCCC1)c1cc(F)ccc1Br. The van der Waals surface area contributed by atoms with E-state index in [0.717, 1.165) is 25.7 Å². The first-order chi connectivity index (χ1) is 9.56. The zero-order valence-electron chi connectivity index (χ0n) is 11.2. The van der Waals surface area contributed by atoms with E-state index in [0.29, 0.717) is 22.5 Å². The van der Waals surface area contributed by atoms with Gasteiger partial charge in [0.25, 0.3) is 5.91 Å². The zero-order chi connectivity index (χ0) is 14.6. The van der Waals surface area contributed by atoms with Crippen molar-refractivity contribution >= 4 is 33.4 Å². The predicted octanol–water partition coefficient (Wildman–Crippen LogP) is 4.51. The van der Waals surface area contributed by atoms with Crippen molar-refractivity contribution in [3.05, 3.63) is 34.1 Å². The Balaban J connectivity index is 2.02. The molecule has 0 spiro atoms.